The molecule has 0 saturated carbocycles. The molecule has 0 atom stereocenters. The molecule has 2 heterocycles. The molecule has 4 nitrogen and oxygen atoms in total. The minimum Gasteiger partial charge on any atom is -0.381 e. The van der Waals surface area contributed by atoms with Crippen LogP contribution in [0.5, 0.6) is 0 Å². The molecular formula is C16H29N3OS. The quantitative estimate of drug-likeness (QED) is 0.783. The monoisotopic (exact) mass is 311 g/mol. The molecule has 1 fully saturated rings. The fourth-order valence-electron chi connectivity index (χ4n) is 2.73. The van der Waals surface area contributed by atoms with Gasteiger partial charge >= 0.3 is 0 Å². The zero-order valence-corrected chi connectivity index (χ0v) is 14.6. The summed E-state index contributed by atoms with van der Waals surface area (Å²) in [5.74, 6) is 0.491. The fourth-order valence-corrected chi connectivity index (χ4v) is 3.96. The van der Waals surface area contributed by atoms with Crippen LogP contribution < -0.4 is 10.2 Å². The Hall–Kier alpha value is -0.650. The number of hydrogen-bond donors (Lipinski definition) is 1. The second kappa shape index (κ2) is 8.11. The Labute approximate surface area is 132 Å². The van der Waals surface area contributed by atoms with Crippen molar-refractivity contribution in [1.29, 1.82) is 0 Å². The van der Waals surface area contributed by atoms with Gasteiger partial charge in [-0.25, -0.2) is 4.98 Å². The third-order valence-corrected chi connectivity index (χ3v) is 5.15. The van der Waals surface area contributed by atoms with Gasteiger partial charge in [0.15, 0.2) is 5.13 Å². The van der Waals surface area contributed by atoms with Gasteiger partial charge in [-0.3, -0.25) is 0 Å². The number of anilines is 1. The van der Waals surface area contributed by atoms with Crippen molar-refractivity contribution in [2.45, 2.75) is 58.6 Å². The molecule has 1 aromatic rings. The van der Waals surface area contributed by atoms with E-state index in [1.54, 1.807) is 0 Å². The lowest BCUT2D eigenvalue weighted by Gasteiger charge is -2.30. The first-order valence-corrected chi connectivity index (χ1v) is 8.95. The van der Waals surface area contributed by atoms with Crippen molar-refractivity contribution in [2.24, 2.45) is 0 Å². The molecule has 0 unspecified atom stereocenters. The molecule has 0 spiro atoms. The molecule has 1 aliphatic heterocycles. The van der Waals surface area contributed by atoms with Crippen LogP contribution in [0.3, 0.4) is 0 Å². The van der Waals surface area contributed by atoms with Crippen molar-refractivity contribution in [2.75, 3.05) is 31.6 Å². The van der Waals surface area contributed by atoms with Crippen molar-refractivity contribution in [1.82, 2.24) is 10.3 Å². The highest BCUT2D eigenvalue weighted by atomic mass is 32.1. The molecule has 1 aromatic heterocycles. The summed E-state index contributed by atoms with van der Waals surface area (Å²) in [5.41, 5.74) is 1.27. The Morgan fingerprint density at radius 3 is 2.67 bits per heavy atom. The predicted octanol–water partition coefficient (Wildman–Crippen LogP) is 3.38. The minimum absolute atomic E-state index is 0.427. The molecule has 2 rings (SSSR count). The number of nitrogens with zero attached hydrogens (tertiary/aromatic N) is 2. The number of methoxy groups -OCH3 is 1. The zero-order chi connectivity index (χ0) is 15.2. The van der Waals surface area contributed by atoms with E-state index in [1.165, 1.54) is 22.1 Å². The molecule has 0 aromatic carbocycles. The van der Waals surface area contributed by atoms with E-state index in [1.807, 2.05) is 18.4 Å². The highest BCUT2D eigenvalue weighted by Gasteiger charge is 2.23. The maximum Gasteiger partial charge on any atom is 0.185 e. The maximum absolute atomic E-state index is 5.45. The van der Waals surface area contributed by atoms with Crippen LogP contribution in [-0.4, -0.2) is 37.8 Å². The molecule has 0 bridgehead atoms. The van der Waals surface area contributed by atoms with E-state index in [0.717, 1.165) is 39.0 Å². The summed E-state index contributed by atoms with van der Waals surface area (Å²) in [6.07, 6.45) is 3.82. The van der Waals surface area contributed by atoms with Crippen LogP contribution in [0.4, 0.5) is 5.13 Å². The van der Waals surface area contributed by atoms with E-state index >= 15 is 0 Å². The average Bonchev–Trinajstić information content (AvgIpc) is 2.92. The van der Waals surface area contributed by atoms with Gasteiger partial charge in [-0.1, -0.05) is 20.8 Å². The van der Waals surface area contributed by atoms with Crippen molar-refractivity contribution in [3.63, 3.8) is 0 Å². The Bertz CT molecular complexity index is 425. The SMILES string of the molecule is CCCNCc1sc(N2CCC(OC)CC2)nc1C(C)C. The van der Waals surface area contributed by atoms with Gasteiger partial charge in [-0.2, -0.15) is 0 Å². The number of rotatable bonds is 7. The summed E-state index contributed by atoms with van der Waals surface area (Å²) in [4.78, 5) is 8.76. The molecule has 120 valence electrons. The molecule has 5 heteroatoms. The smallest absolute Gasteiger partial charge is 0.185 e. The standard InChI is InChI=1S/C16H29N3OS/c1-5-8-17-11-14-15(12(2)3)18-16(21-14)19-9-6-13(20-4)7-10-19/h12-13,17H,5-11H2,1-4H3. The van der Waals surface area contributed by atoms with Crippen LogP contribution in [0.15, 0.2) is 0 Å². The third kappa shape index (κ3) is 4.41. The van der Waals surface area contributed by atoms with E-state index in [-0.39, 0.29) is 0 Å². The van der Waals surface area contributed by atoms with Gasteiger partial charge in [-0.15, -0.1) is 11.3 Å². The third-order valence-electron chi connectivity index (χ3n) is 4.02. The Morgan fingerprint density at radius 1 is 1.38 bits per heavy atom. The van der Waals surface area contributed by atoms with E-state index in [2.05, 4.69) is 31.0 Å². The normalized spacial score (nSPS) is 16.9. The maximum atomic E-state index is 5.45. The largest absolute Gasteiger partial charge is 0.381 e. The molecular weight excluding hydrogens is 282 g/mol. The molecule has 0 radical (unpaired) electrons. The van der Waals surface area contributed by atoms with Crippen LogP contribution in [0.2, 0.25) is 0 Å². The Balaban J connectivity index is 2.04. The van der Waals surface area contributed by atoms with E-state index in [4.69, 9.17) is 9.72 Å². The van der Waals surface area contributed by atoms with Gasteiger partial charge in [0.05, 0.1) is 11.8 Å². The summed E-state index contributed by atoms with van der Waals surface area (Å²) in [6.45, 7) is 10.8. The Kier molecular flexibility index (Phi) is 6.45. The predicted molar refractivity (Wildman–Crippen MR) is 90.4 cm³/mol. The van der Waals surface area contributed by atoms with Crippen LogP contribution in [0.25, 0.3) is 0 Å². The van der Waals surface area contributed by atoms with Crippen LogP contribution >= 0.6 is 11.3 Å². The fraction of sp³-hybridized carbons (Fsp3) is 0.812. The molecule has 0 aliphatic carbocycles. The number of thiazole rings is 1. The number of hydrogen-bond acceptors (Lipinski definition) is 5. The van der Waals surface area contributed by atoms with Crippen molar-refractivity contribution >= 4 is 16.5 Å². The van der Waals surface area contributed by atoms with Gasteiger partial charge < -0.3 is 15.0 Å². The van der Waals surface area contributed by atoms with E-state index in [9.17, 15) is 0 Å². The average molecular weight is 311 g/mol. The molecule has 1 aliphatic rings. The summed E-state index contributed by atoms with van der Waals surface area (Å²) < 4.78 is 5.45. The van der Waals surface area contributed by atoms with Crippen molar-refractivity contribution in [3.8, 4) is 0 Å². The first-order valence-electron chi connectivity index (χ1n) is 8.13. The summed E-state index contributed by atoms with van der Waals surface area (Å²) in [7, 11) is 1.82. The minimum atomic E-state index is 0.427. The van der Waals surface area contributed by atoms with Gasteiger partial charge in [0.2, 0.25) is 0 Å². The van der Waals surface area contributed by atoms with Gasteiger partial charge in [-0.05, 0) is 31.7 Å². The number of ether oxygens (including phenoxy) is 1. The first-order chi connectivity index (χ1) is 10.2. The van der Waals surface area contributed by atoms with Crippen LogP contribution in [0.1, 0.15) is 56.5 Å². The van der Waals surface area contributed by atoms with E-state index < -0.39 is 0 Å². The van der Waals surface area contributed by atoms with Gasteiger partial charge in [0.25, 0.3) is 0 Å². The molecule has 21 heavy (non-hydrogen) atoms. The summed E-state index contributed by atoms with van der Waals surface area (Å²) in [6, 6.07) is 0. The lowest BCUT2D eigenvalue weighted by atomic mass is 10.1. The second-order valence-corrected chi connectivity index (χ2v) is 7.12. The van der Waals surface area contributed by atoms with E-state index in [0.29, 0.717) is 12.0 Å². The number of aromatic nitrogens is 1. The topological polar surface area (TPSA) is 37.4 Å². The highest BCUT2D eigenvalue weighted by Crippen LogP contribution is 2.32. The lowest BCUT2D eigenvalue weighted by molar-refractivity contribution is 0.0819. The summed E-state index contributed by atoms with van der Waals surface area (Å²) >= 11 is 1.87. The second-order valence-electron chi connectivity index (χ2n) is 6.06. The van der Waals surface area contributed by atoms with Crippen LogP contribution in [0, 0.1) is 0 Å². The van der Waals surface area contributed by atoms with Gasteiger partial charge in [0, 0.05) is 31.6 Å². The first kappa shape index (κ1) is 16.7. The van der Waals surface area contributed by atoms with Gasteiger partial charge in [0.1, 0.15) is 0 Å². The number of piperidine rings is 1. The summed E-state index contributed by atoms with van der Waals surface area (Å²) in [5, 5.41) is 4.71. The highest BCUT2D eigenvalue weighted by molar-refractivity contribution is 7.15. The number of nitrogens with one attached hydrogen (secondary N) is 1. The van der Waals surface area contributed by atoms with Crippen molar-refractivity contribution in [3.05, 3.63) is 10.6 Å². The van der Waals surface area contributed by atoms with Crippen molar-refractivity contribution < 1.29 is 4.74 Å². The molecule has 1 N–H and O–H groups in total. The van der Waals surface area contributed by atoms with Crippen LogP contribution in [-0.2, 0) is 11.3 Å². The zero-order valence-electron chi connectivity index (χ0n) is 13.8. The Morgan fingerprint density at radius 2 is 2.10 bits per heavy atom. The molecule has 0 amide bonds. The lowest BCUT2D eigenvalue weighted by Crippen LogP contribution is -2.36. The molecule has 1 saturated heterocycles.